The van der Waals surface area contributed by atoms with Crippen LogP contribution in [0, 0.1) is 5.82 Å². The third-order valence-corrected chi connectivity index (χ3v) is 3.87. The summed E-state index contributed by atoms with van der Waals surface area (Å²) in [5.41, 5.74) is 1.36. The van der Waals surface area contributed by atoms with E-state index in [1.807, 2.05) is 6.07 Å². The Labute approximate surface area is 123 Å². The molecule has 0 spiro atoms. The van der Waals surface area contributed by atoms with Crippen LogP contribution in [0.1, 0.15) is 38.5 Å². The number of halogens is 1. The highest BCUT2D eigenvalue weighted by Gasteiger charge is 2.13. The lowest BCUT2D eigenvalue weighted by Crippen LogP contribution is -2.20. The molecule has 0 saturated heterocycles. The van der Waals surface area contributed by atoms with Crippen molar-refractivity contribution in [3.63, 3.8) is 0 Å². The summed E-state index contributed by atoms with van der Waals surface area (Å²) in [6.07, 6.45) is 8.96. The Morgan fingerprint density at radius 3 is 2.67 bits per heavy atom. The molecule has 0 amide bonds. The monoisotopic (exact) mass is 286 g/mol. The summed E-state index contributed by atoms with van der Waals surface area (Å²) in [5, 5.41) is 11.4. The molecule has 110 valence electrons. The molecule has 21 heavy (non-hydrogen) atoms. The fourth-order valence-corrected chi connectivity index (χ4v) is 2.76. The SMILES string of the molecule is Fc1cccc(-c2cnnc(NC3CCCCCC3)n2)c1. The van der Waals surface area contributed by atoms with Gasteiger partial charge in [-0.2, -0.15) is 5.10 Å². The Balaban J connectivity index is 1.76. The van der Waals surface area contributed by atoms with Crippen molar-refractivity contribution in [1.82, 2.24) is 15.2 Å². The predicted molar refractivity (Wildman–Crippen MR) is 80.3 cm³/mol. The van der Waals surface area contributed by atoms with Crippen LogP contribution in [0.3, 0.4) is 0 Å². The van der Waals surface area contributed by atoms with E-state index in [1.54, 1.807) is 12.3 Å². The van der Waals surface area contributed by atoms with E-state index in [0.29, 0.717) is 23.2 Å². The molecule has 0 bridgehead atoms. The summed E-state index contributed by atoms with van der Waals surface area (Å²) < 4.78 is 13.3. The number of hydrogen-bond donors (Lipinski definition) is 1. The third kappa shape index (κ3) is 3.74. The van der Waals surface area contributed by atoms with Crippen molar-refractivity contribution in [3.8, 4) is 11.3 Å². The van der Waals surface area contributed by atoms with Gasteiger partial charge in [0.05, 0.1) is 11.9 Å². The maximum Gasteiger partial charge on any atom is 0.243 e. The van der Waals surface area contributed by atoms with Gasteiger partial charge in [0.2, 0.25) is 5.95 Å². The first kappa shape index (κ1) is 13.9. The second-order valence-corrected chi connectivity index (χ2v) is 5.51. The average Bonchev–Trinajstić information content (AvgIpc) is 2.76. The van der Waals surface area contributed by atoms with Crippen molar-refractivity contribution in [1.29, 1.82) is 0 Å². The van der Waals surface area contributed by atoms with E-state index < -0.39 is 0 Å². The first-order valence-electron chi connectivity index (χ1n) is 7.53. The molecule has 1 aromatic carbocycles. The van der Waals surface area contributed by atoms with Gasteiger partial charge >= 0.3 is 0 Å². The maximum atomic E-state index is 13.3. The minimum Gasteiger partial charge on any atom is -0.350 e. The van der Waals surface area contributed by atoms with Crippen molar-refractivity contribution in [2.75, 3.05) is 5.32 Å². The topological polar surface area (TPSA) is 50.7 Å². The van der Waals surface area contributed by atoms with Gasteiger partial charge in [-0.15, -0.1) is 5.10 Å². The average molecular weight is 286 g/mol. The van der Waals surface area contributed by atoms with E-state index in [1.165, 1.54) is 37.8 Å². The van der Waals surface area contributed by atoms with Crippen molar-refractivity contribution >= 4 is 5.95 Å². The summed E-state index contributed by atoms with van der Waals surface area (Å²) in [4.78, 5) is 4.46. The number of rotatable bonds is 3. The number of benzene rings is 1. The molecule has 0 aliphatic heterocycles. The molecule has 1 saturated carbocycles. The van der Waals surface area contributed by atoms with Gasteiger partial charge in [0.25, 0.3) is 0 Å². The molecular weight excluding hydrogens is 267 g/mol. The summed E-state index contributed by atoms with van der Waals surface area (Å²) in [7, 11) is 0. The largest absolute Gasteiger partial charge is 0.350 e. The van der Waals surface area contributed by atoms with E-state index in [2.05, 4.69) is 20.5 Å². The Hall–Kier alpha value is -2.04. The van der Waals surface area contributed by atoms with E-state index in [-0.39, 0.29) is 5.82 Å². The molecule has 0 unspecified atom stereocenters. The molecule has 1 heterocycles. The van der Waals surface area contributed by atoms with Crippen LogP contribution in [-0.4, -0.2) is 21.2 Å². The van der Waals surface area contributed by atoms with E-state index in [4.69, 9.17) is 0 Å². The predicted octanol–water partition coefficient (Wildman–Crippen LogP) is 3.81. The van der Waals surface area contributed by atoms with Gasteiger partial charge < -0.3 is 5.32 Å². The molecule has 0 radical (unpaired) electrons. The first-order chi connectivity index (χ1) is 10.3. The highest BCUT2D eigenvalue weighted by atomic mass is 19.1. The van der Waals surface area contributed by atoms with Crippen LogP contribution in [0.2, 0.25) is 0 Å². The van der Waals surface area contributed by atoms with Gasteiger partial charge in [0, 0.05) is 11.6 Å². The zero-order chi connectivity index (χ0) is 14.5. The molecule has 3 rings (SSSR count). The lowest BCUT2D eigenvalue weighted by molar-refractivity contribution is 0.613. The quantitative estimate of drug-likeness (QED) is 0.872. The number of nitrogens with one attached hydrogen (secondary N) is 1. The number of hydrogen-bond acceptors (Lipinski definition) is 4. The Morgan fingerprint density at radius 2 is 1.90 bits per heavy atom. The summed E-state index contributed by atoms with van der Waals surface area (Å²) in [6.45, 7) is 0. The fourth-order valence-electron chi connectivity index (χ4n) is 2.76. The summed E-state index contributed by atoms with van der Waals surface area (Å²) in [5.74, 6) is 0.257. The highest BCUT2D eigenvalue weighted by molar-refractivity contribution is 5.58. The minimum atomic E-state index is -0.274. The molecule has 2 aromatic rings. The fraction of sp³-hybridized carbons (Fsp3) is 0.438. The second-order valence-electron chi connectivity index (χ2n) is 5.51. The molecule has 4 nitrogen and oxygen atoms in total. The van der Waals surface area contributed by atoms with Crippen molar-refractivity contribution in [2.24, 2.45) is 0 Å². The lowest BCUT2D eigenvalue weighted by Gasteiger charge is -2.15. The summed E-state index contributed by atoms with van der Waals surface area (Å²) in [6, 6.07) is 6.78. The Kier molecular flexibility index (Phi) is 4.38. The van der Waals surface area contributed by atoms with Crippen LogP contribution in [0.15, 0.2) is 30.5 Å². The van der Waals surface area contributed by atoms with Crippen LogP contribution >= 0.6 is 0 Å². The van der Waals surface area contributed by atoms with Gasteiger partial charge in [0.15, 0.2) is 0 Å². The van der Waals surface area contributed by atoms with Crippen molar-refractivity contribution in [3.05, 3.63) is 36.3 Å². The minimum absolute atomic E-state index is 0.274. The van der Waals surface area contributed by atoms with Gasteiger partial charge in [0.1, 0.15) is 5.82 Å². The smallest absolute Gasteiger partial charge is 0.243 e. The van der Waals surface area contributed by atoms with E-state index in [0.717, 1.165) is 12.8 Å². The normalized spacial score (nSPS) is 16.4. The van der Waals surface area contributed by atoms with Crippen LogP contribution in [0.25, 0.3) is 11.3 Å². The molecule has 1 aliphatic carbocycles. The van der Waals surface area contributed by atoms with Crippen molar-refractivity contribution < 1.29 is 4.39 Å². The molecule has 1 N–H and O–H groups in total. The molecule has 1 aromatic heterocycles. The molecule has 5 heteroatoms. The lowest BCUT2D eigenvalue weighted by atomic mass is 10.1. The van der Waals surface area contributed by atoms with Crippen LogP contribution in [-0.2, 0) is 0 Å². The number of anilines is 1. The molecule has 1 aliphatic rings. The molecule has 1 fully saturated rings. The van der Waals surface area contributed by atoms with Gasteiger partial charge in [-0.1, -0.05) is 37.8 Å². The molecular formula is C16H19FN4. The maximum absolute atomic E-state index is 13.3. The van der Waals surface area contributed by atoms with Crippen LogP contribution < -0.4 is 5.32 Å². The standard InChI is InChI=1S/C16H19FN4/c17-13-7-5-6-12(10-13)15-11-18-21-16(20-15)19-14-8-3-1-2-4-9-14/h5-7,10-11,14H,1-4,8-9H2,(H,19,20,21). The second kappa shape index (κ2) is 6.61. The third-order valence-electron chi connectivity index (χ3n) is 3.87. The highest BCUT2D eigenvalue weighted by Crippen LogP contribution is 2.21. The van der Waals surface area contributed by atoms with Gasteiger partial charge in [-0.25, -0.2) is 9.37 Å². The Bertz CT molecular complexity index is 594. The van der Waals surface area contributed by atoms with Crippen LogP contribution in [0.5, 0.6) is 0 Å². The van der Waals surface area contributed by atoms with Crippen molar-refractivity contribution in [2.45, 2.75) is 44.6 Å². The number of nitrogens with zero attached hydrogens (tertiary/aromatic N) is 3. The zero-order valence-corrected chi connectivity index (χ0v) is 11.9. The van der Waals surface area contributed by atoms with E-state index >= 15 is 0 Å². The van der Waals surface area contributed by atoms with Crippen LogP contribution in [0.4, 0.5) is 10.3 Å². The first-order valence-corrected chi connectivity index (χ1v) is 7.53. The van der Waals surface area contributed by atoms with E-state index in [9.17, 15) is 4.39 Å². The van der Waals surface area contributed by atoms with Gasteiger partial charge in [-0.3, -0.25) is 0 Å². The van der Waals surface area contributed by atoms with Gasteiger partial charge in [-0.05, 0) is 25.0 Å². The summed E-state index contributed by atoms with van der Waals surface area (Å²) >= 11 is 0. The molecule has 0 atom stereocenters. The number of aromatic nitrogens is 3. The Morgan fingerprint density at radius 1 is 1.10 bits per heavy atom. The zero-order valence-electron chi connectivity index (χ0n) is 11.9.